The number of anilines is 1. The molecule has 0 atom stereocenters. The van der Waals surface area contributed by atoms with Crippen molar-refractivity contribution in [2.45, 2.75) is 13.5 Å². The van der Waals surface area contributed by atoms with Gasteiger partial charge in [0.1, 0.15) is 5.75 Å². The molecule has 0 saturated carbocycles. The number of benzene rings is 2. The van der Waals surface area contributed by atoms with Crippen molar-refractivity contribution < 1.29 is 23.2 Å². The minimum absolute atomic E-state index is 0.0360. The Morgan fingerprint density at radius 1 is 1.00 bits per heavy atom. The van der Waals surface area contributed by atoms with Crippen molar-refractivity contribution in [2.24, 2.45) is 0 Å². The maximum atomic E-state index is 13.2. The minimum atomic E-state index is -2.89. The highest BCUT2D eigenvalue weighted by atomic mass is 32.1. The first-order valence-electron chi connectivity index (χ1n) is 8.75. The van der Waals surface area contributed by atoms with Gasteiger partial charge in [0.05, 0.1) is 0 Å². The molecule has 7 heteroatoms. The highest BCUT2D eigenvalue weighted by Gasteiger charge is 2.18. The van der Waals surface area contributed by atoms with Crippen molar-refractivity contribution in [3.63, 3.8) is 0 Å². The van der Waals surface area contributed by atoms with Crippen LogP contribution >= 0.6 is 12.2 Å². The smallest absolute Gasteiger partial charge is 0.387 e. The van der Waals surface area contributed by atoms with Crippen LogP contribution in [0.15, 0.2) is 79.1 Å². The van der Waals surface area contributed by atoms with Crippen LogP contribution in [0.5, 0.6) is 5.75 Å². The van der Waals surface area contributed by atoms with Crippen LogP contribution in [0.25, 0.3) is 11.5 Å². The van der Waals surface area contributed by atoms with Crippen molar-refractivity contribution >= 4 is 34.3 Å². The van der Waals surface area contributed by atoms with E-state index in [1.54, 1.807) is 53.4 Å². The second-order valence-corrected chi connectivity index (χ2v) is 6.59. The summed E-state index contributed by atoms with van der Waals surface area (Å²) in [6.07, 6.45) is 3.46. The quantitative estimate of drug-likeness (QED) is 0.288. The van der Waals surface area contributed by atoms with Crippen LogP contribution in [0, 0.1) is 6.92 Å². The van der Waals surface area contributed by atoms with Gasteiger partial charge in [0.15, 0.2) is 17.4 Å². The number of aromatic nitrogens is 1. The van der Waals surface area contributed by atoms with E-state index in [0.29, 0.717) is 11.3 Å². The summed E-state index contributed by atoms with van der Waals surface area (Å²) in [5, 5.41) is 16.2. The summed E-state index contributed by atoms with van der Waals surface area (Å²) in [6, 6.07) is 18.5. The number of rotatable bonds is 6. The van der Waals surface area contributed by atoms with Crippen molar-refractivity contribution in [3.05, 3.63) is 90.3 Å². The second-order valence-electron chi connectivity index (χ2n) is 6.18. The molecular weight excluding hydrogens is 394 g/mol. The molecule has 4 nitrogen and oxygen atoms in total. The Hall–Kier alpha value is -3.32. The lowest BCUT2D eigenvalue weighted by Crippen LogP contribution is -2.39. The largest absolute Gasteiger partial charge is 0.867 e. The molecule has 0 fully saturated rings. The summed E-state index contributed by atoms with van der Waals surface area (Å²) in [5.74, 6) is -0.204. The van der Waals surface area contributed by atoms with Gasteiger partial charge in [-0.2, -0.15) is 13.3 Å². The van der Waals surface area contributed by atoms with Crippen molar-refractivity contribution in [3.8, 4) is 5.75 Å². The molecule has 2 aromatic carbocycles. The maximum absolute atomic E-state index is 13.2. The normalized spacial score (nSPS) is 11.7. The Labute approximate surface area is 172 Å². The fourth-order valence-electron chi connectivity index (χ4n) is 2.64. The molecule has 0 aliphatic rings. The zero-order valence-electron chi connectivity index (χ0n) is 15.5. The second kappa shape index (κ2) is 9.25. The third kappa shape index (κ3) is 5.36. The fourth-order valence-corrected chi connectivity index (χ4v) is 2.95. The number of halogens is 2. The third-order valence-electron chi connectivity index (χ3n) is 4.06. The highest BCUT2D eigenvalue weighted by molar-refractivity contribution is 7.81. The first kappa shape index (κ1) is 20.4. The number of nitrogens with one attached hydrogen (secondary N) is 1. The molecule has 3 aromatic rings. The van der Waals surface area contributed by atoms with E-state index >= 15 is 0 Å². The van der Waals surface area contributed by atoms with E-state index in [4.69, 9.17) is 12.2 Å². The van der Waals surface area contributed by atoms with Crippen LogP contribution in [0.2, 0.25) is 0 Å². The van der Waals surface area contributed by atoms with Gasteiger partial charge < -0.3 is 15.2 Å². The van der Waals surface area contributed by atoms with Crippen LogP contribution in [-0.4, -0.2) is 11.6 Å². The number of aryl methyl sites for hydroxylation is 1. The van der Waals surface area contributed by atoms with Gasteiger partial charge in [-0.25, -0.2) is 0 Å². The molecule has 0 bridgehead atoms. The zero-order valence-corrected chi connectivity index (χ0v) is 16.3. The Balaban J connectivity index is 1.93. The maximum Gasteiger partial charge on any atom is 0.387 e. The SMILES string of the molecule is Cc1ccc(/C([O-])=C(/C(=S)Nc2ccc(OC(F)F)cc2)[n+]2ccccc2)cc1. The number of pyridine rings is 1. The van der Waals surface area contributed by atoms with Crippen molar-refractivity contribution in [1.82, 2.24) is 0 Å². The lowest BCUT2D eigenvalue weighted by Gasteiger charge is -2.17. The summed E-state index contributed by atoms with van der Waals surface area (Å²) in [4.78, 5) is 0.203. The van der Waals surface area contributed by atoms with E-state index in [-0.39, 0.29) is 22.2 Å². The number of alkyl halides is 2. The summed E-state index contributed by atoms with van der Waals surface area (Å²) >= 11 is 5.50. The van der Waals surface area contributed by atoms with Crippen molar-refractivity contribution in [2.75, 3.05) is 5.32 Å². The lowest BCUT2D eigenvalue weighted by atomic mass is 10.1. The molecule has 3 rings (SSSR count). The molecule has 0 saturated heterocycles. The number of hydrogen-bond acceptors (Lipinski definition) is 3. The molecule has 1 N–H and O–H groups in total. The van der Waals surface area contributed by atoms with E-state index in [9.17, 15) is 13.9 Å². The molecule has 0 radical (unpaired) electrons. The third-order valence-corrected chi connectivity index (χ3v) is 4.35. The Morgan fingerprint density at radius 3 is 2.21 bits per heavy atom. The molecule has 0 spiro atoms. The average molecular weight is 412 g/mol. The standard InChI is InChI=1S/C22H18F2N2O2S/c1-15-5-7-16(8-6-15)20(27)19(26-13-3-2-4-14-26)21(29)25-17-9-11-18(12-10-17)28-22(23)24/h2-14,22H,1H3,(H-,25,27,29). The summed E-state index contributed by atoms with van der Waals surface area (Å²) in [7, 11) is 0. The van der Waals surface area contributed by atoms with Gasteiger partial charge >= 0.3 is 6.61 Å². The summed E-state index contributed by atoms with van der Waals surface area (Å²) < 4.78 is 30.6. The fraction of sp³-hybridized carbons (Fsp3) is 0.0909. The van der Waals surface area contributed by atoms with E-state index in [0.717, 1.165) is 5.56 Å². The van der Waals surface area contributed by atoms with E-state index < -0.39 is 6.61 Å². The molecule has 0 aliphatic heterocycles. The first-order chi connectivity index (χ1) is 13.9. The molecule has 0 amide bonds. The van der Waals surface area contributed by atoms with Gasteiger partial charge in [-0.05, 0) is 42.5 Å². The Morgan fingerprint density at radius 2 is 1.62 bits per heavy atom. The predicted molar refractivity (Wildman–Crippen MR) is 110 cm³/mol. The van der Waals surface area contributed by atoms with Gasteiger partial charge in [-0.15, -0.1) is 0 Å². The summed E-state index contributed by atoms with van der Waals surface area (Å²) in [6.45, 7) is -0.949. The number of ether oxygens (including phenoxy) is 1. The first-order valence-corrected chi connectivity index (χ1v) is 9.16. The predicted octanol–water partition coefficient (Wildman–Crippen LogP) is 4.01. The summed E-state index contributed by atoms with van der Waals surface area (Å²) in [5.41, 5.74) is 2.37. The average Bonchev–Trinajstić information content (AvgIpc) is 2.70. The highest BCUT2D eigenvalue weighted by Crippen LogP contribution is 2.20. The van der Waals surface area contributed by atoms with E-state index in [1.165, 1.54) is 12.1 Å². The lowest BCUT2D eigenvalue weighted by molar-refractivity contribution is -0.577. The molecule has 0 aliphatic carbocycles. The Bertz CT molecular complexity index is 1010. The topological polar surface area (TPSA) is 48.2 Å². The van der Waals surface area contributed by atoms with Crippen LogP contribution in [-0.2, 0) is 0 Å². The van der Waals surface area contributed by atoms with Crippen LogP contribution < -0.4 is 19.7 Å². The minimum Gasteiger partial charge on any atom is -0.867 e. The molecule has 0 unspecified atom stereocenters. The van der Waals surface area contributed by atoms with Gasteiger partial charge in [0.25, 0.3) is 0 Å². The van der Waals surface area contributed by atoms with Crippen LogP contribution in [0.3, 0.4) is 0 Å². The van der Waals surface area contributed by atoms with Crippen molar-refractivity contribution in [1.29, 1.82) is 0 Å². The van der Waals surface area contributed by atoms with E-state index in [2.05, 4.69) is 10.1 Å². The van der Waals surface area contributed by atoms with E-state index in [1.807, 2.05) is 25.1 Å². The molecule has 1 aromatic heterocycles. The molecular formula is C22H18F2N2O2S. The number of hydrogen-bond donors (Lipinski definition) is 1. The monoisotopic (exact) mass is 412 g/mol. The van der Waals surface area contributed by atoms with Gasteiger partial charge in [-0.3, -0.25) is 0 Å². The van der Waals surface area contributed by atoms with Gasteiger partial charge in [-0.1, -0.05) is 48.1 Å². The number of nitrogens with zero attached hydrogens (tertiary/aromatic N) is 1. The molecule has 148 valence electrons. The zero-order chi connectivity index (χ0) is 20.8. The molecule has 29 heavy (non-hydrogen) atoms. The van der Waals surface area contributed by atoms with Gasteiger partial charge in [0, 0.05) is 17.8 Å². The van der Waals surface area contributed by atoms with Crippen LogP contribution in [0.1, 0.15) is 11.1 Å². The molecule has 1 heterocycles. The Kier molecular flexibility index (Phi) is 6.51. The van der Waals surface area contributed by atoms with Gasteiger partial charge in [0.2, 0.25) is 5.70 Å². The van der Waals surface area contributed by atoms with Crippen LogP contribution in [0.4, 0.5) is 14.5 Å². The number of thiocarbonyl (C=S) groups is 1.